The number of carbonyl (C=O) groups is 2. The van der Waals surface area contributed by atoms with Crippen LogP contribution < -0.4 is 5.32 Å². The molecule has 2 aliphatic rings. The zero-order valence-corrected chi connectivity index (χ0v) is 27.3. The number of nitrogens with one attached hydrogen (secondary N) is 1. The Morgan fingerprint density at radius 2 is 1.66 bits per heavy atom. The van der Waals surface area contributed by atoms with Crippen molar-refractivity contribution < 1.29 is 33.5 Å². The van der Waals surface area contributed by atoms with Gasteiger partial charge in [-0.2, -0.15) is 0 Å². The number of carbonyl (C=O) groups excluding carboxylic acids is 2. The zero-order chi connectivity index (χ0) is 30.5. The van der Waals surface area contributed by atoms with Crippen molar-refractivity contribution in [1.82, 2.24) is 10.2 Å². The van der Waals surface area contributed by atoms with E-state index in [1.807, 2.05) is 11.9 Å². The summed E-state index contributed by atoms with van der Waals surface area (Å²) in [6, 6.07) is -1.20. The van der Waals surface area contributed by atoms with Crippen LogP contribution in [0.3, 0.4) is 0 Å². The Bertz CT molecular complexity index is 820. The summed E-state index contributed by atoms with van der Waals surface area (Å²) in [6.07, 6.45) is 8.90. The summed E-state index contributed by atoms with van der Waals surface area (Å²) in [4.78, 5) is 27.9. The topological polar surface area (TPSA) is 125 Å². The minimum absolute atomic E-state index is 0.174. The predicted molar refractivity (Wildman–Crippen MR) is 163 cm³/mol. The molecule has 1 amide bonds. The number of unbranched alkanes of at least 4 members (excludes halogenated alkanes) is 8. The molecule has 11 heteroatoms. The largest absolute Gasteiger partial charge is 0.456 e. The Morgan fingerprint density at radius 3 is 2.22 bits per heavy atom. The van der Waals surface area contributed by atoms with E-state index < -0.39 is 58.0 Å². The third kappa shape index (κ3) is 11.3. The Labute approximate surface area is 254 Å². The van der Waals surface area contributed by atoms with Gasteiger partial charge >= 0.3 is 5.97 Å². The van der Waals surface area contributed by atoms with Crippen LogP contribution in [0, 0.1) is 5.92 Å². The van der Waals surface area contributed by atoms with Crippen molar-refractivity contribution in [2.45, 2.75) is 152 Å². The number of esters is 1. The molecule has 0 radical (unpaired) electrons. The third-order valence-corrected chi connectivity index (χ3v) is 9.76. The minimum atomic E-state index is -1.66. The molecule has 2 saturated heterocycles. The molecule has 0 aromatic rings. The highest BCUT2D eigenvalue weighted by Crippen LogP contribution is 2.31. The molecular weight excluding hydrogens is 568 g/mol. The fourth-order valence-corrected chi connectivity index (χ4v) is 7.18. The molecule has 9 nitrogen and oxygen atoms in total. The Hall–Kier alpha value is -0.780. The SMILES string of the molecule is CCCCCCCCCCCC(=O)OC1C(O)[C@@H](O)C(C(NC(=O)[C@H]2CC(CCC)CN2C)C(C)Cl)O[C@@H]1S(C)=O. The van der Waals surface area contributed by atoms with Gasteiger partial charge in [-0.3, -0.25) is 18.7 Å². The smallest absolute Gasteiger partial charge is 0.306 e. The highest BCUT2D eigenvalue weighted by Gasteiger charge is 2.52. The number of alkyl halides is 1. The van der Waals surface area contributed by atoms with E-state index in [2.05, 4.69) is 19.2 Å². The van der Waals surface area contributed by atoms with E-state index in [0.29, 0.717) is 12.3 Å². The number of hydrogen-bond acceptors (Lipinski definition) is 8. The molecule has 3 N–H and O–H groups in total. The number of halogens is 1. The van der Waals surface area contributed by atoms with Crippen molar-refractivity contribution in [3.8, 4) is 0 Å². The molecule has 0 aliphatic carbocycles. The second kappa shape index (κ2) is 18.8. The van der Waals surface area contributed by atoms with Crippen molar-refractivity contribution in [1.29, 1.82) is 0 Å². The number of rotatable bonds is 18. The number of aliphatic hydroxyl groups is 2. The van der Waals surface area contributed by atoms with E-state index in [9.17, 15) is 24.0 Å². The maximum absolute atomic E-state index is 13.3. The van der Waals surface area contributed by atoms with Gasteiger partial charge in [-0.15, -0.1) is 11.6 Å². The van der Waals surface area contributed by atoms with Gasteiger partial charge in [-0.05, 0) is 39.2 Å². The minimum Gasteiger partial charge on any atom is -0.456 e. The summed E-state index contributed by atoms with van der Waals surface area (Å²) < 4.78 is 24.2. The first-order chi connectivity index (χ1) is 19.5. The van der Waals surface area contributed by atoms with Crippen LogP contribution in [-0.4, -0.2) is 98.4 Å². The Kier molecular flexibility index (Phi) is 16.7. The van der Waals surface area contributed by atoms with Crippen LogP contribution >= 0.6 is 11.6 Å². The van der Waals surface area contributed by atoms with Gasteiger partial charge in [0.2, 0.25) is 5.91 Å². The second-order valence-corrected chi connectivity index (χ2v) is 14.2. The molecule has 240 valence electrons. The lowest BCUT2D eigenvalue weighted by atomic mass is 9.92. The van der Waals surface area contributed by atoms with E-state index in [1.54, 1.807) is 6.92 Å². The highest BCUT2D eigenvalue weighted by molar-refractivity contribution is 7.84. The molecule has 0 spiro atoms. The maximum Gasteiger partial charge on any atom is 0.306 e. The summed E-state index contributed by atoms with van der Waals surface area (Å²) in [7, 11) is 0.255. The molecule has 0 aromatic carbocycles. The van der Waals surface area contributed by atoms with Crippen LogP contribution in [0.25, 0.3) is 0 Å². The molecule has 7 unspecified atom stereocenters. The van der Waals surface area contributed by atoms with Gasteiger partial charge in [0, 0.05) is 19.2 Å². The number of ether oxygens (including phenoxy) is 2. The molecule has 0 saturated carbocycles. The zero-order valence-electron chi connectivity index (χ0n) is 25.8. The summed E-state index contributed by atoms with van der Waals surface area (Å²) in [5.74, 6) is -0.315. The summed E-state index contributed by atoms with van der Waals surface area (Å²) in [5.41, 5.74) is -1.18. The van der Waals surface area contributed by atoms with Gasteiger partial charge in [0.05, 0.1) is 28.3 Å². The Balaban J connectivity index is 1.95. The van der Waals surface area contributed by atoms with E-state index >= 15 is 0 Å². The van der Waals surface area contributed by atoms with Crippen molar-refractivity contribution in [2.24, 2.45) is 5.92 Å². The molecule has 2 rings (SSSR count). The molecule has 2 fully saturated rings. The van der Waals surface area contributed by atoms with E-state index in [1.165, 1.54) is 38.4 Å². The van der Waals surface area contributed by atoms with Gasteiger partial charge in [0.15, 0.2) is 11.5 Å². The van der Waals surface area contributed by atoms with Gasteiger partial charge < -0.3 is 25.0 Å². The standard InChI is InChI=1S/C30H55ClN2O7S/c1-6-8-9-10-11-12-13-14-15-17-23(34)39-28-26(36)25(35)27(40-30(28)41(5)38)24(20(3)31)32-29(37)22-18-21(16-7-2)19-33(22)4/h20-22,24-28,30,35-36H,6-19H2,1-5H3,(H,32,37)/t20?,21?,22-,24?,25-,26?,27?,28?,30-,41?/m1/s1. The third-order valence-electron chi connectivity index (χ3n) is 8.45. The van der Waals surface area contributed by atoms with Crippen LogP contribution in [0.4, 0.5) is 0 Å². The monoisotopic (exact) mass is 622 g/mol. The van der Waals surface area contributed by atoms with Gasteiger partial charge in [-0.25, -0.2) is 0 Å². The lowest BCUT2D eigenvalue weighted by Gasteiger charge is -2.45. The van der Waals surface area contributed by atoms with Gasteiger partial charge in [-0.1, -0.05) is 71.6 Å². The van der Waals surface area contributed by atoms with Crippen molar-refractivity contribution in [3.63, 3.8) is 0 Å². The fraction of sp³-hybridized carbons (Fsp3) is 0.933. The molecular formula is C30H55ClN2O7S. The molecule has 10 atom stereocenters. The average molecular weight is 623 g/mol. The van der Waals surface area contributed by atoms with Crippen molar-refractivity contribution >= 4 is 34.3 Å². The van der Waals surface area contributed by atoms with Gasteiger partial charge in [0.25, 0.3) is 0 Å². The summed E-state index contributed by atoms with van der Waals surface area (Å²) in [5, 5.41) is 24.3. The van der Waals surface area contributed by atoms with Crippen LogP contribution in [0.5, 0.6) is 0 Å². The van der Waals surface area contributed by atoms with E-state index in [4.69, 9.17) is 21.1 Å². The highest BCUT2D eigenvalue weighted by atomic mass is 35.5. The number of hydrogen-bond donors (Lipinski definition) is 3. The van der Waals surface area contributed by atoms with E-state index in [-0.39, 0.29) is 18.4 Å². The molecule has 2 aliphatic heterocycles. The number of aliphatic hydroxyl groups excluding tert-OH is 2. The van der Waals surface area contributed by atoms with Crippen molar-refractivity contribution in [2.75, 3.05) is 19.8 Å². The first-order valence-corrected chi connectivity index (χ1v) is 17.7. The summed E-state index contributed by atoms with van der Waals surface area (Å²) >= 11 is 6.47. The summed E-state index contributed by atoms with van der Waals surface area (Å²) in [6.45, 7) is 6.83. The normalized spacial score (nSPS) is 31.0. The average Bonchev–Trinajstić information content (AvgIpc) is 3.29. The Morgan fingerprint density at radius 1 is 1.05 bits per heavy atom. The van der Waals surface area contributed by atoms with E-state index in [0.717, 1.165) is 45.1 Å². The van der Waals surface area contributed by atoms with Crippen LogP contribution in [0.15, 0.2) is 0 Å². The lowest BCUT2D eigenvalue weighted by Crippen LogP contribution is -2.66. The first-order valence-electron chi connectivity index (χ1n) is 15.7. The number of amides is 1. The second-order valence-electron chi connectivity index (χ2n) is 12.0. The molecule has 41 heavy (non-hydrogen) atoms. The fourth-order valence-electron chi connectivity index (χ4n) is 6.09. The first kappa shape index (κ1) is 36.4. The molecule has 0 aromatic heterocycles. The predicted octanol–water partition coefficient (Wildman–Crippen LogP) is 3.88. The number of likely N-dealkylation sites (tertiary alicyclic amines) is 1. The maximum atomic E-state index is 13.3. The van der Waals surface area contributed by atoms with Gasteiger partial charge in [0.1, 0.15) is 18.3 Å². The molecule has 2 heterocycles. The molecule has 0 bridgehead atoms. The lowest BCUT2D eigenvalue weighted by molar-refractivity contribution is -0.219. The number of likely N-dealkylation sites (N-methyl/N-ethyl adjacent to an activating group) is 1. The van der Waals surface area contributed by atoms with Crippen LogP contribution in [0.2, 0.25) is 0 Å². The van der Waals surface area contributed by atoms with Crippen LogP contribution in [-0.2, 0) is 29.9 Å². The quantitative estimate of drug-likeness (QED) is 0.119. The van der Waals surface area contributed by atoms with Crippen LogP contribution in [0.1, 0.15) is 104 Å². The van der Waals surface area contributed by atoms with Crippen molar-refractivity contribution in [3.05, 3.63) is 0 Å². The number of nitrogens with zero attached hydrogens (tertiary/aromatic N) is 1.